The lowest BCUT2D eigenvalue weighted by Gasteiger charge is -2.33. The Kier molecular flexibility index (Phi) is 7.94. The molecule has 162 valence electrons. The second-order valence-corrected chi connectivity index (χ2v) is 7.70. The molecule has 1 unspecified atom stereocenters. The van der Waals surface area contributed by atoms with Gasteiger partial charge in [0.15, 0.2) is 0 Å². The molecule has 1 aromatic carbocycles. The summed E-state index contributed by atoms with van der Waals surface area (Å²) < 4.78 is 38.6. The minimum atomic E-state index is -4.41. The van der Waals surface area contributed by atoms with E-state index in [2.05, 4.69) is 5.32 Å². The number of rotatable bonds is 5. The number of piperidine rings is 1. The second kappa shape index (κ2) is 9.80. The molecule has 0 saturated carbocycles. The molecule has 0 bridgehead atoms. The van der Waals surface area contributed by atoms with Crippen molar-refractivity contribution < 1.29 is 22.8 Å². The zero-order valence-electron chi connectivity index (χ0n) is 16.4. The number of hydrogen-bond donors (Lipinski definition) is 1. The molecule has 9 heteroatoms. The van der Waals surface area contributed by atoms with E-state index in [1.165, 1.54) is 11.0 Å². The molecular weight excluding hydrogens is 407 g/mol. The van der Waals surface area contributed by atoms with Crippen LogP contribution >= 0.6 is 12.4 Å². The van der Waals surface area contributed by atoms with Gasteiger partial charge in [0, 0.05) is 32.6 Å². The molecule has 2 amide bonds. The molecule has 1 aromatic rings. The zero-order valence-corrected chi connectivity index (χ0v) is 17.2. The normalized spacial score (nSPS) is 20.7. The molecule has 0 aliphatic carbocycles. The highest BCUT2D eigenvalue weighted by molar-refractivity contribution is 5.89. The number of likely N-dealkylation sites (tertiary alicyclic amines) is 2. The summed E-state index contributed by atoms with van der Waals surface area (Å²) in [6.45, 7) is 2.70. The van der Waals surface area contributed by atoms with Gasteiger partial charge in [0.05, 0.1) is 11.5 Å². The number of alkyl halides is 3. The minimum Gasteiger partial charge on any atom is -0.342 e. The van der Waals surface area contributed by atoms with E-state index >= 15 is 0 Å². The second-order valence-electron chi connectivity index (χ2n) is 7.70. The van der Waals surface area contributed by atoms with E-state index in [-0.39, 0.29) is 43.7 Å². The van der Waals surface area contributed by atoms with Gasteiger partial charge in [-0.15, -0.1) is 12.4 Å². The SMILES string of the molecule is CNCC1CCN(C(=O)C2CC(=O)N(Cc3cccc(C(F)(F)F)c3)C2)CC1.Cl. The molecule has 2 saturated heterocycles. The largest absolute Gasteiger partial charge is 0.416 e. The number of nitrogens with one attached hydrogen (secondary N) is 1. The average Bonchev–Trinajstić information content (AvgIpc) is 3.02. The first-order valence-electron chi connectivity index (χ1n) is 9.65. The fraction of sp³-hybridized carbons (Fsp3) is 0.600. The van der Waals surface area contributed by atoms with Gasteiger partial charge in [0.2, 0.25) is 11.8 Å². The third kappa shape index (κ3) is 5.85. The van der Waals surface area contributed by atoms with Gasteiger partial charge in [0.25, 0.3) is 0 Å². The van der Waals surface area contributed by atoms with Crippen molar-refractivity contribution in [2.45, 2.75) is 32.0 Å². The van der Waals surface area contributed by atoms with E-state index in [1.54, 1.807) is 6.07 Å². The van der Waals surface area contributed by atoms with Gasteiger partial charge in [-0.3, -0.25) is 9.59 Å². The molecule has 29 heavy (non-hydrogen) atoms. The highest BCUT2D eigenvalue weighted by Gasteiger charge is 2.37. The number of benzene rings is 1. The maximum Gasteiger partial charge on any atom is 0.416 e. The zero-order chi connectivity index (χ0) is 20.3. The molecular formula is C20H27ClF3N3O2. The first kappa shape index (κ1) is 23.5. The number of amides is 2. The Morgan fingerprint density at radius 3 is 2.55 bits per heavy atom. The maximum absolute atomic E-state index is 12.9. The van der Waals surface area contributed by atoms with Crippen LogP contribution in [0.1, 0.15) is 30.4 Å². The Morgan fingerprint density at radius 1 is 1.24 bits per heavy atom. The minimum absolute atomic E-state index is 0. The lowest BCUT2D eigenvalue weighted by atomic mass is 9.95. The molecule has 2 aliphatic heterocycles. The van der Waals surface area contributed by atoms with E-state index < -0.39 is 17.7 Å². The lowest BCUT2D eigenvalue weighted by molar-refractivity contribution is -0.138. The van der Waals surface area contributed by atoms with E-state index in [0.29, 0.717) is 24.6 Å². The van der Waals surface area contributed by atoms with Crippen LogP contribution in [0.5, 0.6) is 0 Å². The number of halogens is 4. The van der Waals surface area contributed by atoms with Crippen LogP contribution in [0.25, 0.3) is 0 Å². The third-order valence-electron chi connectivity index (χ3n) is 5.61. The third-order valence-corrected chi connectivity index (χ3v) is 5.61. The molecule has 2 heterocycles. The average molecular weight is 434 g/mol. The molecule has 0 spiro atoms. The maximum atomic E-state index is 12.9. The highest BCUT2D eigenvalue weighted by Crippen LogP contribution is 2.30. The van der Waals surface area contributed by atoms with Crippen molar-refractivity contribution in [3.63, 3.8) is 0 Å². The van der Waals surface area contributed by atoms with Gasteiger partial charge in [-0.25, -0.2) is 0 Å². The van der Waals surface area contributed by atoms with Crippen LogP contribution in [0.4, 0.5) is 13.2 Å². The number of hydrogen-bond acceptors (Lipinski definition) is 3. The Labute approximate surface area is 175 Å². The van der Waals surface area contributed by atoms with Crippen molar-refractivity contribution in [1.82, 2.24) is 15.1 Å². The summed E-state index contributed by atoms with van der Waals surface area (Å²) in [4.78, 5) is 28.4. The summed E-state index contributed by atoms with van der Waals surface area (Å²) in [5.41, 5.74) is -0.308. The van der Waals surface area contributed by atoms with Crippen molar-refractivity contribution in [3.8, 4) is 0 Å². The number of carbonyl (C=O) groups is 2. The van der Waals surface area contributed by atoms with Crippen molar-refractivity contribution in [1.29, 1.82) is 0 Å². The molecule has 0 aromatic heterocycles. The van der Waals surface area contributed by atoms with Crippen molar-refractivity contribution in [2.75, 3.05) is 33.2 Å². The van der Waals surface area contributed by atoms with Crippen LogP contribution < -0.4 is 5.32 Å². The summed E-state index contributed by atoms with van der Waals surface area (Å²) in [5, 5.41) is 3.16. The molecule has 3 rings (SSSR count). The van der Waals surface area contributed by atoms with Crippen LogP contribution in [-0.2, 0) is 22.3 Å². The predicted molar refractivity (Wildman–Crippen MR) is 105 cm³/mol. The Hall–Kier alpha value is -1.80. The van der Waals surface area contributed by atoms with Gasteiger partial charge in [-0.2, -0.15) is 13.2 Å². The van der Waals surface area contributed by atoms with Crippen molar-refractivity contribution in [2.24, 2.45) is 11.8 Å². The molecule has 2 fully saturated rings. The van der Waals surface area contributed by atoms with Gasteiger partial charge < -0.3 is 15.1 Å². The molecule has 5 nitrogen and oxygen atoms in total. The number of nitrogens with zero attached hydrogens (tertiary/aromatic N) is 2. The molecule has 2 aliphatic rings. The van der Waals surface area contributed by atoms with Gasteiger partial charge in [0.1, 0.15) is 0 Å². The summed E-state index contributed by atoms with van der Waals surface area (Å²) >= 11 is 0. The molecule has 1 N–H and O–H groups in total. The Morgan fingerprint density at radius 2 is 1.93 bits per heavy atom. The van der Waals surface area contributed by atoms with Crippen molar-refractivity contribution in [3.05, 3.63) is 35.4 Å². The summed E-state index contributed by atoms with van der Waals surface area (Å²) in [5.74, 6) is -0.0283. The van der Waals surface area contributed by atoms with Gasteiger partial charge in [-0.05, 0) is 50.0 Å². The summed E-state index contributed by atoms with van der Waals surface area (Å²) in [6, 6.07) is 5.00. The van der Waals surface area contributed by atoms with Crippen LogP contribution in [0.2, 0.25) is 0 Å². The highest BCUT2D eigenvalue weighted by atomic mass is 35.5. The van der Waals surface area contributed by atoms with E-state index in [1.807, 2.05) is 11.9 Å². The lowest BCUT2D eigenvalue weighted by Crippen LogP contribution is -2.43. The van der Waals surface area contributed by atoms with Gasteiger partial charge in [-0.1, -0.05) is 12.1 Å². The standard InChI is InChI=1S/C20H26F3N3O2.ClH/c1-24-11-14-5-7-25(8-6-14)19(28)16-10-18(27)26(13-16)12-15-3-2-4-17(9-15)20(21,22)23;/h2-4,9,14,16,24H,5-8,10-13H2,1H3;1H. The summed E-state index contributed by atoms with van der Waals surface area (Å²) in [6.07, 6.45) is -2.39. The number of carbonyl (C=O) groups excluding carboxylic acids is 2. The van der Waals surface area contributed by atoms with Crippen LogP contribution in [0.3, 0.4) is 0 Å². The van der Waals surface area contributed by atoms with Gasteiger partial charge >= 0.3 is 6.18 Å². The Balaban J connectivity index is 0.00000300. The van der Waals surface area contributed by atoms with Crippen LogP contribution in [0.15, 0.2) is 24.3 Å². The van der Waals surface area contributed by atoms with Crippen LogP contribution in [0, 0.1) is 11.8 Å². The predicted octanol–water partition coefficient (Wildman–Crippen LogP) is 2.93. The Bertz CT molecular complexity index is 721. The fourth-order valence-electron chi connectivity index (χ4n) is 4.06. The quantitative estimate of drug-likeness (QED) is 0.776. The van der Waals surface area contributed by atoms with E-state index in [0.717, 1.165) is 31.5 Å². The van der Waals surface area contributed by atoms with E-state index in [4.69, 9.17) is 0 Å². The first-order valence-corrected chi connectivity index (χ1v) is 9.65. The van der Waals surface area contributed by atoms with Crippen LogP contribution in [-0.4, -0.2) is 54.8 Å². The molecule has 1 atom stereocenters. The smallest absolute Gasteiger partial charge is 0.342 e. The topological polar surface area (TPSA) is 52.7 Å². The first-order chi connectivity index (χ1) is 13.3. The fourth-order valence-corrected chi connectivity index (χ4v) is 4.06. The monoisotopic (exact) mass is 433 g/mol. The van der Waals surface area contributed by atoms with E-state index in [9.17, 15) is 22.8 Å². The summed E-state index contributed by atoms with van der Waals surface area (Å²) in [7, 11) is 1.92. The molecule has 0 radical (unpaired) electrons. The van der Waals surface area contributed by atoms with Crippen molar-refractivity contribution >= 4 is 24.2 Å².